The van der Waals surface area contributed by atoms with Gasteiger partial charge in [0, 0.05) is 19.3 Å². The summed E-state index contributed by atoms with van der Waals surface area (Å²) < 4.78 is 5.24. The molecule has 0 saturated carbocycles. The van der Waals surface area contributed by atoms with Gasteiger partial charge in [-0.15, -0.1) is 0 Å². The first kappa shape index (κ1) is 16.7. The number of β-amino-alcohol motifs (C(OH)–C–C–N with tert-alkyl or cyclic N) is 1. The molecule has 0 bridgehead atoms. The van der Waals surface area contributed by atoms with Gasteiger partial charge in [0.25, 0.3) is 0 Å². The molecule has 2 aliphatic heterocycles. The molecule has 26 heavy (non-hydrogen) atoms. The first-order chi connectivity index (χ1) is 12.5. The molecule has 2 aliphatic rings. The molecule has 0 aliphatic carbocycles. The molecule has 0 spiro atoms. The second-order valence-corrected chi connectivity index (χ2v) is 6.79. The van der Waals surface area contributed by atoms with Crippen LogP contribution in [0.4, 0.5) is 17.1 Å². The molecule has 0 radical (unpaired) electrons. The number of rotatable bonds is 4. The second kappa shape index (κ2) is 6.21. The van der Waals surface area contributed by atoms with Gasteiger partial charge >= 0.3 is 0 Å². The molecule has 4 rings (SSSR count). The Hall–Kier alpha value is -2.73. The number of nitrogens with one attached hydrogen (secondary N) is 1. The molecule has 2 heterocycles. The number of fused-ring (bicyclic) bond motifs is 2. The van der Waals surface area contributed by atoms with Gasteiger partial charge in [-0.25, -0.2) is 0 Å². The van der Waals surface area contributed by atoms with E-state index in [1.165, 1.54) is 0 Å². The number of anilines is 3. The van der Waals surface area contributed by atoms with E-state index >= 15 is 0 Å². The molecule has 1 amide bonds. The van der Waals surface area contributed by atoms with E-state index in [0.29, 0.717) is 6.54 Å². The minimum Gasteiger partial charge on any atom is -0.497 e. The van der Waals surface area contributed by atoms with Gasteiger partial charge in [0.05, 0.1) is 31.0 Å². The number of hydrogen-bond acceptors (Lipinski definition) is 5. The van der Waals surface area contributed by atoms with Crippen molar-refractivity contribution in [3.8, 4) is 5.75 Å². The van der Waals surface area contributed by atoms with Crippen molar-refractivity contribution in [2.24, 2.45) is 0 Å². The number of ether oxygens (including phenoxy) is 1. The van der Waals surface area contributed by atoms with E-state index in [0.717, 1.165) is 33.9 Å². The van der Waals surface area contributed by atoms with Gasteiger partial charge in [-0.3, -0.25) is 4.79 Å². The number of carbonyl (C=O) groups is 1. The summed E-state index contributed by atoms with van der Waals surface area (Å²) in [6.45, 7) is 2.20. The Morgan fingerprint density at radius 2 is 1.92 bits per heavy atom. The van der Waals surface area contributed by atoms with E-state index < -0.39 is 0 Å². The van der Waals surface area contributed by atoms with Crippen LogP contribution in [0.5, 0.6) is 5.75 Å². The fourth-order valence-electron chi connectivity index (χ4n) is 3.87. The highest BCUT2D eigenvalue weighted by atomic mass is 16.5. The number of methoxy groups -OCH3 is 1. The van der Waals surface area contributed by atoms with Crippen molar-refractivity contribution in [2.45, 2.75) is 19.0 Å². The first-order valence-electron chi connectivity index (χ1n) is 8.78. The van der Waals surface area contributed by atoms with Crippen molar-refractivity contribution < 1.29 is 14.6 Å². The number of nitrogens with zero attached hydrogens (tertiary/aromatic N) is 2. The molecule has 2 unspecified atom stereocenters. The van der Waals surface area contributed by atoms with Crippen LogP contribution in [-0.2, 0) is 4.79 Å². The van der Waals surface area contributed by atoms with E-state index in [2.05, 4.69) is 34.5 Å². The Labute approximate surface area is 153 Å². The van der Waals surface area contributed by atoms with Gasteiger partial charge in [-0.1, -0.05) is 12.1 Å². The van der Waals surface area contributed by atoms with Crippen LogP contribution in [0.3, 0.4) is 0 Å². The second-order valence-electron chi connectivity index (χ2n) is 6.79. The fraction of sp³-hybridized carbons (Fsp3) is 0.350. The zero-order chi connectivity index (χ0) is 18.4. The number of aliphatic hydroxyl groups is 1. The van der Waals surface area contributed by atoms with Gasteiger partial charge < -0.3 is 25.0 Å². The standard InChI is InChI=1S/C20H23N3O3/c1-12-15-10-16-18(11-17(15)23(8-9-24)20(12)25)22(2)19(21-16)13-4-6-14(26-3)7-5-13/h4-7,10-12,19,21,24H,8-9H2,1-3H3. The van der Waals surface area contributed by atoms with Crippen LogP contribution in [0.1, 0.15) is 30.1 Å². The summed E-state index contributed by atoms with van der Waals surface area (Å²) in [5, 5.41) is 12.9. The first-order valence-corrected chi connectivity index (χ1v) is 8.78. The van der Waals surface area contributed by atoms with E-state index in [1.54, 1.807) is 12.0 Å². The fourth-order valence-corrected chi connectivity index (χ4v) is 3.87. The van der Waals surface area contributed by atoms with Crippen LogP contribution in [-0.4, -0.2) is 38.3 Å². The Morgan fingerprint density at radius 3 is 2.58 bits per heavy atom. The molecule has 6 nitrogen and oxygen atoms in total. The van der Waals surface area contributed by atoms with E-state index in [1.807, 2.05) is 26.1 Å². The summed E-state index contributed by atoms with van der Waals surface area (Å²) in [6.07, 6.45) is 0.0238. The largest absolute Gasteiger partial charge is 0.497 e. The molecule has 0 fully saturated rings. The normalized spacial score (nSPS) is 20.8. The van der Waals surface area contributed by atoms with Crippen molar-refractivity contribution >= 4 is 23.0 Å². The van der Waals surface area contributed by atoms with Gasteiger partial charge in [0.15, 0.2) is 0 Å². The monoisotopic (exact) mass is 353 g/mol. The van der Waals surface area contributed by atoms with E-state index in [4.69, 9.17) is 4.74 Å². The van der Waals surface area contributed by atoms with Gasteiger partial charge in [0.1, 0.15) is 11.9 Å². The van der Waals surface area contributed by atoms with Gasteiger partial charge in [-0.05, 0) is 42.3 Å². The Bertz CT molecular complexity index is 850. The summed E-state index contributed by atoms with van der Waals surface area (Å²) in [7, 11) is 3.70. The molecule has 0 aromatic heterocycles. The van der Waals surface area contributed by atoms with Crippen molar-refractivity contribution in [3.63, 3.8) is 0 Å². The Morgan fingerprint density at radius 1 is 1.19 bits per heavy atom. The molecule has 2 aromatic carbocycles. The van der Waals surface area contributed by atoms with Gasteiger partial charge in [0.2, 0.25) is 5.91 Å². The third-order valence-electron chi connectivity index (χ3n) is 5.35. The molecular formula is C20H23N3O3. The lowest BCUT2D eigenvalue weighted by Gasteiger charge is -2.23. The average molecular weight is 353 g/mol. The maximum absolute atomic E-state index is 12.5. The van der Waals surface area contributed by atoms with Crippen molar-refractivity contribution in [1.82, 2.24) is 0 Å². The molecule has 6 heteroatoms. The smallest absolute Gasteiger partial charge is 0.234 e. The lowest BCUT2D eigenvalue weighted by atomic mass is 10.0. The summed E-state index contributed by atoms with van der Waals surface area (Å²) in [5.74, 6) is 0.693. The van der Waals surface area contributed by atoms with Crippen molar-refractivity contribution in [2.75, 3.05) is 42.4 Å². The van der Waals surface area contributed by atoms with E-state index in [9.17, 15) is 9.90 Å². The molecule has 0 saturated heterocycles. The number of benzene rings is 2. The lowest BCUT2D eigenvalue weighted by molar-refractivity contribution is -0.119. The minimum absolute atomic E-state index is 0.0238. The van der Waals surface area contributed by atoms with Crippen molar-refractivity contribution in [1.29, 1.82) is 0 Å². The molecule has 2 atom stereocenters. The quantitative estimate of drug-likeness (QED) is 0.885. The topological polar surface area (TPSA) is 65.0 Å². The highest BCUT2D eigenvalue weighted by Crippen LogP contribution is 2.48. The molecule has 136 valence electrons. The SMILES string of the molecule is COc1ccc(C2Nc3cc4c(cc3N2C)N(CCO)C(=O)C4C)cc1. The zero-order valence-corrected chi connectivity index (χ0v) is 15.2. The van der Waals surface area contributed by atoms with Crippen LogP contribution in [0.2, 0.25) is 0 Å². The van der Waals surface area contributed by atoms with Crippen LogP contribution in [0.15, 0.2) is 36.4 Å². The van der Waals surface area contributed by atoms with E-state index in [-0.39, 0.29) is 24.6 Å². The maximum Gasteiger partial charge on any atom is 0.234 e. The third-order valence-corrected chi connectivity index (χ3v) is 5.35. The summed E-state index contributed by atoms with van der Waals surface area (Å²) in [6, 6.07) is 12.1. The summed E-state index contributed by atoms with van der Waals surface area (Å²) in [5.41, 5.74) is 5.13. The lowest BCUT2D eigenvalue weighted by Crippen LogP contribution is -2.31. The molecule has 2 aromatic rings. The maximum atomic E-state index is 12.5. The highest BCUT2D eigenvalue weighted by Gasteiger charge is 2.37. The van der Waals surface area contributed by atoms with Crippen LogP contribution in [0, 0.1) is 0 Å². The average Bonchev–Trinajstić information content (AvgIpc) is 3.10. The number of amides is 1. The predicted octanol–water partition coefficient (Wildman–Crippen LogP) is 2.70. The van der Waals surface area contributed by atoms with Crippen molar-refractivity contribution in [3.05, 3.63) is 47.5 Å². The van der Waals surface area contributed by atoms with Crippen LogP contribution < -0.4 is 19.9 Å². The zero-order valence-electron chi connectivity index (χ0n) is 15.2. The highest BCUT2D eigenvalue weighted by molar-refractivity contribution is 6.06. The Kier molecular flexibility index (Phi) is 4.00. The van der Waals surface area contributed by atoms with Crippen LogP contribution in [0.25, 0.3) is 0 Å². The van der Waals surface area contributed by atoms with Crippen LogP contribution >= 0.6 is 0 Å². The number of carbonyl (C=O) groups excluding carboxylic acids is 1. The molecular weight excluding hydrogens is 330 g/mol. The molecule has 2 N–H and O–H groups in total. The minimum atomic E-state index is -0.186. The summed E-state index contributed by atoms with van der Waals surface area (Å²) >= 11 is 0. The third kappa shape index (κ3) is 2.41. The number of aliphatic hydroxyl groups excluding tert-OH is 1. The summed E-state index contributed by atoms with van der Waals surface area (Å²) in [4.78, 5) is 16.3. The number of hydrogen-bond donors (Lipinski definition) is 2. The predicted molar refractivity (Wildman–Crippen MR) is 102 cm³/mol. The Balaban J connectivity index is 1.69. The van der Waals surface area contributed by atoms with Gasteiger partial charge in [-0.2, -0.15) is 0 Å².